The van der Waals surface area contributed by atoms with Crippen molar-refractivity contribution in [3.8, 4) is 0 Å². The van der Waals surface area contributed by atoms with Crippen LogP contribution in [0, 0.1) is 6.92 Å². The van der Waals surface area contributed by atoms with Crippen LogP contribution in [0.1, 0.15) is 31.4 Å². The van der Waals surface area contributed by atoms with E-state index < -0.39 is 0 Å². The zero-order valence-corrected chi connectivity index (χ0v) is 9.49. The monoisotopic (exact) mass is 209 g/mol. The first kappa shape index (κ1) is 10.5. The van der Waals surface area contributed by atoms with E-state index in [2.05, 4.69) is 5.10 Å². The van der Waals surface area contributed by atoms with Crippen LogP contribution in [0.5, 0.6) is 0 Å². The van der Waals surface area contributed by atoms with Crippen LogP contribution in [0.15, 0.2) is 6.20 Å². The lowest BCUT2D eigenvalue weighted by molar-refractivity contribution is -0.0804. The van der Waals surface area contributed by atoms with Crippen LogP contribution in [0.4, 0.5) is 5.69 Å². The van der Waals surface area contributed by atoms with E-state index in [1.165, 1.54) is 19.3 Å². The maximum atomic E-state index is 5.74. The number of ether oxygens (including phenoxy) is 1. The minimum atomic E-state index is 0.120. The van der Waals surface area contributed by atoms with E-state index in [-0.39, 0.29) is 5.60 Å². The molecule has 84 valence electrons. The van der Waals surface area contributed by atoms with Crippen molar-refractivity contribution in [2.24, 2.45) is 0 Å². The summed E-state index contributed by atoms with van der Waals surface area (Å²) in [6, 6.07) is 0. The van der Waals surface area contributed by atoms with Gasteiger partial charge in [0.25, 0.3) is 0 Å². The first-order valence-corrected chi connectivity index (χ1v) is 5.50. The summed E-state index contributed by atoms with van der Waals surface area (Å²) in [5.41, 5.74) is 7.55. The van der Waals surface area contributed by atoms with Crippen LogP contribution in [-0.4, -0.2) is 22.5 Å². The highest BCUT2D eigenvalue weighted by Crippen LogP contribution is 2.38. The molecule has 0 radical (unpaired) electrons. The minimum Gasteiger partial charge on any atom is -0.396 e. The fourth-order valence-electron chi connectivity index (χ4n) is 2.09. The van der Waals surface area contributed by atoms with Crippen molar-refractivity contribution in [2.45, 2.75) is 44.8 Å². The standard InChI is InChI=1S/C11H19N3O/c1-9-10(12)8-14(13-9)7-6-11(15-2)4-3-5-11/h8H,3-7,12H2,1-2H3. The van der Waals surface area contributed by atoms with Crippen molar-refractivity contribution in [3.63, 3.8) is 0 Å². The van der Waals surface area contributed by atoms with Gasteiger partial charge in [0.15, 0.2) is 0 Å². The highest BCUT2D eigenvalue weighted by Gasteiger charge is 2.36. The molecular weight excluding hydrogens is 190 g/mol. The van der Waals surface area contributed by atoms with E-state index in [0.29, 0.717) is 0 Å². The van der Waals surface area contributed by atoms with E-state index in [9.17, 15) is 0 Å². The largest absolute Gasteiger partial charge is 0.396 e. The Morgan fingerprint density at radius 2 is 2.33 bits per heavy atom. The maximum absolute atomic E-state index is 5.74. The second kappa shape index (κ2) is 3.85. The van der Waals surface area contributed by atoms with E-state index in [4.69, 9.17) is 10.5 Å². The smallest absolute Gasteiger partial charge is 0.0822 e. The third-order valence-electron chi connectivity index (χ3n) is 3.48. The molecule has 0 amide bonds. The molecule has 1 saturated carbocycles. The van der Waals surface area contributed by atoms with Gasteiger partial charge in [0.2, 0.25) is 0 Å². The number of methoxy groups -OCH3 is 1. The van der Waals surface area contributed by atoms with Crippen LogP contribution >= 0.6 is 0 Å². The molecule has 0 atom stereocenters. The van der Waals surface area contributed by atoms with Gasteiger partial charge >= 0.3 is 0 Å². The molecule has 1 fully saturated rings. The predicted molar refractivity (Wildman–Crippen MR) is 59.6 cm³/mol. The molecule has 15 heavy (non-hydrogen) atoms. The lowest BCUT2D eigenvalue weighted by atomic mass is 9.77. The Bertz CT molecular complexity index is 317. The first-order valence-electron chi connectivity index (χ1n) is 5.50. The Kier molecular flexibility index (Phi) is 2.69. The number of hydrogen-bond donors (Lipinski definition) is 1. The first-order chi connectivity index (χ1) is 7.15. The summed E-state index contributed by atoms with van der Waals surface area (Å²) >= 11 is 0. The van der Waals surface area contributed by atoms with Gasteiger partial charge < -0.3 is 10.5 Å². The molecule has 2 N–H and O–H groups in total. The number of aryl methyl sites for hydroxylation is 2. The predicted octanol–water partition coefficient (Wildman–Crippen LogP) is 1.73. The quantitative estimate of drug-likeness (QED) is 0.821. The summed E-state index contributed by atoms with van der Waals surface area (Å²) in [4.78, 5) is 0. The van der Waals surface area contributed by atoms with Crippen molar-refractivity contribution >= 4 is 5.69 Å². The van der Waals surface area contributed by atoms with Gasteiger partial charge in [0.1, 0.15) is 0 Å². The summed E-state index contributed by atoms with van der Waals surface area (Å²) in [7, 11) is 1.81. The molecule has 1 aromatic heterocycles. The number of nitrogens with two attached hydrogens (primary N) is 1. The van der Waals surface area contributed by atoms with Gasteiger partial charge in [-0.2, -0.15) is 5.10 Å². The van der Waals surface area contributed by atoms with Crippen molar-refractivity contribution in [1.29, 1.82) is 0 Å². The third kappa shape index (κ3) is 2.00. The molecule has 0 spiro atoms. The second-order valence-electron chi connectivity index (χ2n) is 4.42. The Hall–Kier alpha value is -1.03. The molecule has 4 nitrogen and oxygen atoms in total. The van der Waals surface area contributed by atoms with Gasteiger partial charge in [-0.05, 0) is 32.6 Å². The molecule has 1 heterocycles. The Balaban J connectivity index is 1.92. The van der Waals surface area contributed by atoms with E-state index in [1.807, 2.05) is 24.9 Å². The molecule has 0 bridgehead atoms. The minimum absolute atomic E-state index is 0.120. The Labute approximate surface area is 90.4 Å². The lowest BCUT2D eigenvalue weighted by Crippen LogP contribution is -2.40. The van der Waals surface area contributed by atoms with Gasteiger partial charge in [-0.3, -0.25) is 4.68 Å². The average Bonchev–Trinajstić information content (AvgIpc) is 2.45. The van der Waals surface area contributed by atoms with Crippen LogP contribution in [0.3, 0.4) is 0 Å². The number of nitrogen functional groups attached to an aromatic ring is 1. The molecule has 0 saturated heterocycles. The van der Waals surface area contributed by atoms with Gasteiger partial charge in [-0.15, -0.1) is 0 Å². The highest BCUT2D eigenvalue weighted by molar-refractivity contribution is 5.39. The molecule has 0 aromatic carbocycles. The normalized spacial score (nSPS) is 18.8. The molecule has 0 unspecified atom stereocenters. The fraction of sp³-hybridized carbons (Fsp3) is 0.727. The number of rotatable bonds is 4. The summed E-state index contributed by atoms with van der Waals surface area (Å²) < 4.78 is 7.48. The summed E-state index contributed by atoms with van der Waals surface area (Å²) in [5.74, 6) is 0. The summed E-state index contributed by atoms with van der Waals surface area (Å²) in [6.07, 6.45) is 6.58. The zero-order chi connectivity index (χ0) is 10.9. The molecule has 1 aromatic rings. The van der Waals surface area contributed by atoms with Gasteiger partial charge in [0.05, 0.1) is 17.0 Å². The average molecular weight is 209 g/mol. The highest BCUT2D eigenvalue weighted by atomic mass is 16.5. The van der Waals surface area contributed by atoms with Crippen molar-refractivity contribution in [2.75, 3.05) is 12.8 Å². The van der Waals surface area contributed by atoms with Crippen molar-refractivity contribution in [1.82, 2.24) is 9.78 Å². The Morgan fingerprint density at radius 1 is 1.60 bits per heavy atom. The summed E-state index contributed by atoms with van der Waals surface area (Å²) in [5, 5.41) is 4.34. The third-order valence-corrected chi connectivity index (χ3v) is 3.48. The molecule has 2 rings (SSSR count). The van der Waals surface area contributed by atoms with Crippen molar-refractivity contribution in [3.05, 3.63) is 11.9 Å². The van der Waals surface area contributed by atoms with E-state index in [0.717, 1.165) is 24.3 Å². The number of anilines is 1. The zero-order valence-electron chi connectivity index (χ0n) is 9.49. The molecule has 4 heteroatoms. The van der Waals surface area contributed by atoms with Gasteiger partial charge in [-0.25, -0.2) is 0 Å². The number of nitrogens with zero attached hydrogens (tertiary/aromatic N) is 2. The topological polar surface area (TPSA) is 53.1 Å². The fourth-order valence-corrected chi connectivity index (χ4v) is 2.09. The Morgan fingerprint density at radius 3 is 2.73 bits per heavy atom. The van der Waals surface area contributed by atoms with E-state index in [1.54, 1.807) is 0 Å². The molecule has 1 aliphatic carbocycles. The molecule has 1 aliphatic rings. The lowest BCUT2D eigenvalue weighted by Gasteiger charge is -2.40. The molecule has 0 aliphatic heterocycles. The molecular formula is C11H19N3O. The summed E-state index contributed by atoms with van der Waals surface area (Å²) in [6.45, 7) is 2.83. The van der Waals surface area contributed by atoms with Crippen LogP contribution < -0.4 is 5.73 Å². The van der Waals surface area contributed by atoms with Crippen LogP contribution in [0.2, 0.25) is 0 Å². The number of aromatic nitrogens is 2. The van der Waals surface area contributed by atoms with Gasteiger partial charge in [0, 0.05) is 19.9 Å². The van der Waals surface area contributed by atoms with Gasteiger partial charge in [-0.1, -0.05) is 0 Å². The van der Waals surface area contributed by atoms with E-state index >= 15 is 0 Å². The maximum Gasteiger partial charge on any atom is 0.0822 e. The second-order valence-corrected chi connectivity index (χ2v) is 4.42. The van der Waals surface area contributed by atoms with Crippen molar-refractivity contribution < 1.29 is 4.74 Å². The SMILES string of the molecule is COC1(CCn2cc(N)c(C)n2)CCC1. The van der Waals surface area contributed by atoms with Crippen LogP contribution in [-0.2, 0) is 11.3 Å². The van der Waals surface area contributed by atoms with Crippen LogP contribution in [0.25, 0.3) is 0 Å². The number of hydrogen-bond acceptors (Lipinski definition) is 3.